The van der Waals surface area contributed by atoms with Gasteiger partial charge in [0.15, 0.2) is 0 Å². The second kappa shape index (κ2) is 10.7. The first-order valence-electron chi connectivity index (χ1n) is 11.1. The summed E-state index contributed by atoms with van der Waals surface area (Å²) in [6.45, 7) is 8.65. The lowest BCUT2D eigenvalue weighted by molar-refractivity contribution is -0.140. The van der Waals surface area contributed by atoms with Gasteiger partial charge in [0.05, 0.1) is 17.1 Å². The van der Waals surface area contributed by atoms with E-state index in [4.69, 9.17) is 22.1 Å². The number of amides is 1. The highest BCUT2D eigenvalue weighted by molar-refractivity contribution is 8.26. The second-order valence-electron chi connectivity index (χ2n) is 8.48. The van der Waals surface area contributed by atoms with Gasteiger partial charge in [-0.25, -0.2) is 0 Å². The highest BCUT2D eigenvalue weighted by Gasteiger charge is 2.35. The van der Waals surface area contributed by atoms with E-state index in [1.165, 1.54) is 0 Å². The number of carboxylic acid groups (broad SMARTS) is 1. The average Bonchev–Trinajstić information content (AvgIpc) is 3.01. The van der Waals surface area contributed by atoms with E-state index in [9.17, 15) is 19.6 Å². The SMILES string of the molecule is CCCCn1c(N2CC(C)OC(C)C2)c(C=C2SC(=S)N(CC(=O)O)C2=O)c(C)c(C#N)c1=O. The van der Waals surface area contributed by atoms with Crippen LogP contribution in [0.15, 0.2) is 9.70 Å². The van der Waals surface area contributed by atoms with E-state index in [1.54, 1.807) is 17.6 Å². The van der Waals surface area contributed by atoms with E-state index >= 15 is 0 Å². The molecule has 3 heterocycles. The summed E-state index contributed by atoms with van der Waals surface area (Å²) in [5, 5.41) is 18.9. The number of unbranched alkanes of at least 4 members (excludes halogenated alkanes) is 1. The second-order valence-corrected chi connectivity index (χ2v) is 10.2. The standard InChI is InChI=1S/C23H28N4O5S2/c1-5-6-7-26-20(25-10-13(2)32-14(3)11-25)16(15(4)17(9-24)21(26)30)8-18-22(31)27(12-19(28)29)23(33)34-18/h8,13-14H,5-7,10-12H2,1-4H3,(H,28,29). The van der Waals surface area contributed by atoms with Gasteiger partial charge in [0.2, 0.25) is 0 Å². The molecule has 34 heavy (non-hydrogen) atoms. The summed E-state index contributed by atoms with van der Waals surface area (Å²) >= 11 is 6.25. The summed E-state index contributed by atoms with van der Waals surface area (Å²) in [5.74, 6) is -1.03. The zero-order valence-electron chi connectivity index (χ0n) is 19.7. The predicted octanol–water partition coefficient (Wildman–Crippen LogP) is 2.73. The minimum atomic E-state index is -1.16. The Morgan fingerprint density at radius 2 is 1.97 bits per heavy atom. The number of thiocarbonyl (C=S) groups is 1. The molecule has 1 aromatic rings. The van der Waals surface area contributed by atoms with E-state index in [-0.39, 0.29) is 32.6 Å². The van der Waals surface area contributed by atoms with E-state index in [2.05, 4.69) is 4.90 Å². The largest absolute Gasteiger partial charge is 0.480 e. The van der Waals surface area contributed by atoms with Gasteiger partial charge < -0.3 is 14.7 Å². The maximum Gasteiger partial charge on any atom is 0.323 e. The number of rotatable bonds is 7. The Labute approximate surface area is 208 Å². The number of anilines is 1. The van der Waals surface area contributed by atoms with Gasteiger partial charge in [-0.05, 0) is 38.8 Å². The molecule has 2 saturated heterocycles. The lowest BCUT2D eigenvalue weighted by Gasteiger charge is -2.39. The molecule has 2 aliphatic heterocycles. The first-order chi connectivity index (χ1) is 16.1. The van der Waals surface area contributed by atoms with Crippen LogP contribution in [0.1, 0.15) is 50.3 Å². The molecule has 182 valence electrons. The summed E-state index contributed by atoms with van der Waals surface area (Å²) in [5.41, 5.74) is 0.738. The van der Waals surface area contributed by atoms with Crippen LogP contribution in [0.3, 0.4) is 0 Å². The lowest BCUT2D eigenvalue weighted by Crippen LogP contribution is -2.48. The average molecular weight is 505 g/mol. The van der Waals surface area contributed by atoms with Crippen molar-refractivity contribution in [1.29, 1.82) is 5.26 Å². The Hall–Kier alpha value is -2.68. The molecule has 2 fully saturated rings. The zero-order chi connectivity index (χ0) is 25.2. The molecule has 0 radical (unpaired) electrons. The molecule has 2 aliphatic rings. The van der Waals surface area contributed by atoms with E-state index in [0.29, 0.717) is 36.6 Å². The van der Waals surface area contributed by atoms with Crippen molar-refractivity contribution in [3.8, 4) is 6.07 Å². The number of nitrogens with zero attached hydrogens (tertiary/aromatic N) is 4. The number of pyridine rings is 1. The normalized spacial score (nSPS) is 21.9. The highest BCUT2D eigenvalue weighted by atomic mass is 32.2. The van der Waals surface area contributed by atoms with Crippen LogP contribution in [0.5, 0.6) is 0 Å². The summed E-state index contributed by atoms with van der Waals surface area (Å²) in [6.07, 6.45) is 3.10. The van der Waals surface area contributed by atoms with Crippen LogP contribution in [0, 0.1) is 18.3 Å². The molecular formula is C23H28N4O5S2. The van der Waals surface area contributed by atoms with Crippen molar-refractivity contribution in [1.82, 2.24) is 9.47 Å². The van der Waals surface area contributed by atoms with Crippen LogP contribution in [0.2, 0.25) is 0 Å². The van der Waals surface area contributed by atoms with Crippen molar-refractivity contribution in [3.63, 3.8) is 0 Å². The number of carbonyl (C=O) groups is 2. The fraction of sp³-hybridized carbons (Fsp3) is 0.522. The van der Waals surface area contributed by atoms with Gasteiger partial charge in [0, 0.05) is 25.2 Å². The van der Waals surface area contributed by atoms with Crippen molar-refractivity contribution in [2.45, 2.75) is 59.3 Å². The quantitative estimate of drug-likeness (QED) is 0.442. The molecule has 0 bridgehead atoms. The van der Waals surface area contributed by atoms with Gasteiger partial charge in [0.25, 0.3) is 11.5 Å². The molecule has 3 rings (SSSR count). The Bertz CT molecular complexity index is 1140. The number of carboxylic acids is 1. The van der Waals surface area contributed by atoms with Crippen LogP contribution in [0.4, 0.5) is 5.82 Å². The molecule has 1 aromatic heterocycles. The summed E-state index contributed by atoms with van der Waals surface area (Å²) in [6, 6.07) is 2.04. The third-order valence-electron chi connectivity index (χ3n) is 5.74. The minimum absolute atomic E-state index is 0.0291. The molecular weight excluding hydrogens is 476 g/mol. The molecule has 0 saturated carbocycles. The third-order valence-corrected chi connectivity index (χ3v) is 7.12. The van der Waals surface area contributed by atoms with Gasteiger partial charge in [-0.2, -0.15) is 5.26 Å². The molecule has 0 spiro atoms. The summed E-state index contributed by atoms with van der Waals surface area (Å²) in [7, 11) is 0. The van der Waals surface area contributed by atoms with Crippen LogP contribution >= 0.6 is 24.0 Å². The number of aliphatic carboxylic acids is 1. The van der Waals surface area contributed by atoms with Crippen molar-refractivity contribution in [2.75, 3.05) is 24.5 Å². The Kier molecular flexibility index (Phi) is 8.17. The van der Waals surface area contributed by atoms with Crippen molar-refractivity contribution in [2.24, 2.45) is 0 Å². The molecule has 0 aliphatic carbocycles. The van der Waals surface area contributed by atoms with Gasteiger partial charge in [-0.3, -0.25) is 23.9 Å². The molecule has 9 nitrogen and oxygen atoms in total. The van der Waals surface area contributed by atoms with Gasteiger partial charge in [-0.15, -0.1) is 0 Å². The zero-order valence-corrected chi connectivity index (χ0v) is 21.3. The maximum absolute atomic E-state index is 13.3. The number of nitriles is 1. The van der Waals surface area contributed by atoms with Crippen molar-refractivity contribution >= 4 is 52.1 Å². The molecule has 2 unspecified atom stereocenters. The minimum Gasteiger partial charge on any atom is -0.480 e. The number of aromatic nitrogens is 1. The van der Waals surface area contributed by atoms with E-state index < -0.39 is 18.4 Å². The number of thioether (sulfide) groups is 1. The number of hydrogen-bond donors (Lipinski definition) is 1. The van der Waals surface area contributed by atoms with Crippen LogP contribution in [0.25, 0.3) is 6.08 Å². The summed E-state index contributed by atoms with van der Waals surface area (Å²) in [4.78, 5) is 40.8. The monoisotopic (exact) mass is 504 g/mol. The first-order valence-corrected chi connectivity index (χ1v) is 12.4. The molecule has 1 amide bonds. The Morgan fingerprint density at radius 1 is 1.32 bits per heavy atom. The Balaban J connectivity index is 2.25. The number of hydrogen-bond acceptors (Lipinski definition) is 8. The number of ether oxygens (including phenoxy) is 1. The van der Waals surface area contributed by atoms with E-state index in [0.717, 1.165) is 29.5 Å². The van der Waals surface area contributed by atoms with E-state index in [1.807, 2.05) is 26.8 Å². The molecule has 11 heteroatoms. The van der Waals surface area contributed by atoms with Crippen LogP contribution in [-0.2, 0) is 20.9 Å². The fourth-order valence-electron chi connectivity index (χ4n) is 4.26. The van der Waals surface area contributed by atoms with Gasteiger partial charge >= 0.3 is 5.97 Å². The molecule has 2 atom stereocenters. The third kappa shape index (κ3) is 5.19. The highest BCUT2D eigenvalue weighted by Crippen LogP contribution is 2.36. The molecule has 1 N–H and O–H groups in total. The van der Waals surface area contributed by atoms with Crippen molar-refractivity contribution < 1.29 is 19.4 Å². The maximum atomic E-state index is 13.3. The van der Waals surface area contributed by atoms with Gasteiger partial charge in [0.1, 0.15) is 28.3 Å². The fourth-order valence-corrected chi connectivity index (χ4v) is 5.50. The van der Waals surface area contributed by atoms with Crippen LogP contribution in [-0.4, -0.2) is 62.6 Å². The Morgan fingerprint density at radius 3 is 2.53 bits per heavy atom. The smallest absolute Gasteiger partial charge is 0.323 e. The number of carbonyl (C=O) groups excluding carboxylic acids is 1. The van der Waals surface area contributed by atoms with Crippen molar-refractivity contribution in [3.05, 3.63) is 31.9 Å². The lowest BCUT2D eigenvalue weighted by atomic mass is 10.0. The van der Waals surface area contributed by atoms with Crippen LogP contribution < -0.4 is 10.5 Å². The van der Waals surface area contributed by atoms with Gasteiger partial charge in [-0.1, -0.05) is 37.3 Å². The summed E-state index contributed by atoms with van der Waals surface area (Å²) < 4.78 is 7.67. The first kappa shape index (κ1) is 25.9. The molecule has 0 aromatic carbocycles. The number of morpholine rings is 1. The predicted molar refractivity (Wildman–Crippen MR) is 135 cm³/mol. The topological polar surface area (TPSA) is 116 Å².